The summed E-state index contributed by atoms with van der Waals surface area (Å²) in [7, 11) is 0. The van der Waals surface area contributed by atoms with Crippen LogP contribution in [0.1, 0.15) is 11.1 Å². The lowest BCUT2D eigenvalue weighted by Gasteiger charge is -2.28. The number of hydrogen-bond donors (Lipinski definition) is 0. The van der Waals surface area contributed by atoms with Crippen molar-refractivity contribution >= 4 is 65.4 Å². The Morgan fingerprint density at radius 1 is 0.211 bits per heavy atom. The van der Waals surface area contributed by atoms with Crippen molar-refractivity contribution in [3.63, 3.8) is 0 Å². The molecular weight excluding hydrogens is 1150 g/mol. The van der Waals surface area contributed by atoms with E-state index in [-0.39, 0.29) is 0 Å². The molecule has 0 spiro atoms. The van der Waals surface area contributed by atoms with Crippen LogP contribution >= 0.6 is 0 Å². The number of nitrogens with zero attached hydrogens (tertiary/aromatic N) is 5. The lowest BCUT2D eigenvalue weighted by molar-refractivity contribution is 1.08. The van der Waals surface area contributed by atoms with E-state index in [0.29, 0.717) is 0 Å². The van der Waals surface area contributed by atoms with Crippen LogP contribution in [0.25, 0.3) is 172 Å². The first-order valence-electron chi connectivity index (χ1n) is 32.6. The van der Waals surface area contributed by atoms with Gasteiger partial charge >= 0.3 is 0 Å². The fourth-order valence-electron chi connectivity index (χ4n) is 14.7. The zero-order chi connectivity index (χ0) is 63.1. The summed E-state index contributed by atoms with van der Waals surface area (Å²) in [5.41, 5.74) is 28.2. The predicted octanol–water partition coefficient (Wildman–Crippen LogP) is 23.7. The van der Waals surface area contributed by atoms with E-state index in [4.69, 9.17) is 9.97 Å². The molecule has 0 unspecified atom stereocenters. The SMILES string of the molecule is Cc1ccc2c(c1)c1cc(C)ccc1n2-c1c(-n2c3ccccc3c3cc(-c4ccccc4)ccc32)cc(-c2cc(-c3ccccc3)nc(-c3ccccc3)c2)c(-n2c3ccccc3c3cc(-c4ccccc4)ccc32)c1-c1cc(-c2ccccc2)nc(-c2ccccc2)c1. The first kappa shape index (κ1) is 55.4. The van der Waals surface area contributed by atoms with Gasteiger partial charge in [-0.25, -0.2) is 9.97 Å². The van der Waals surface area contributed by atoms with Gasteiger partial charge < -0.3 is 13.7 Å². The van der Waals surface area contributed by atoms with Crippen LogP contribution in [0.4, 0.5) is 0 Å². The van der Waals surface area contributed by atoms with E-state index in [9.17, 15) is 0 Å². The van der Waals surface area contributed by atoms with E-state index in [1.165, 1.54) is 27.5 Å². The van der Waals surface area contributed by atoms with Gasteiger partial charge in [-0.3, -0.25) is 0 Å². The first-order valence-corrected chi connectivity index (χ1v) is 32.6. The molecule has 5 aromatic heterocycles. The minimum atomic E-state index is 0.862. The van der Waals surface area contributed by atoms with Crippen molar-refractivity contribution < 1.29 is 0 Å². The minimum absolute atomic E-state index is 0.862. The summed E-state index contributed by atoms with van der Waals surface area (Å²) < 4.78 is 7.76. The van der Waals surface area contributed by atoms with Crippen molar-refractivity contribution in [1.82, 2.24) is 23.7 Å². The van der Waals surface area contributed by atoms with E-state index in [2.05, 4.69) is 361 Å². The molecule has 0 saturated carbocycles. The molecule has 13 aromatic carbocycles. The van der Waals surface area contributed by atoms with Gasteiger partial charge in [-0.1, -0.05) is 254 Å². The number of aromatic nitrogens is 5. The predicted molar refractivity (Wildman–Crippen MR) is 398 cm³/mol. The molecule has 0 bridgehead atoms. The lowest BCUT2D eigenvalue weighted by Crippen LogP contribution is -2.11. The third kappa shape index (κ3) is 9.46. The minimum Gasteiger partial charge on any atom is -0.308 e. The molecule has 18 aromatic rings. The zero-order valence-corrected chi connectivity index (χ0v) is 52.5. The largest absolute Gasteiger partial charge is 0.308 e. The van der Waals surface area contributed by atoms with Gasteiger partial charge in [0, 0.05) is 65.7 Å². The second-order valence-electron chi connectivity index (χ2n) is 25.0. The van der Waals surface area contributed by atoms with Crippen LogP contribution < -0.4 is 0 Å². The van der Waals surface area contributed by atoms with Gasteiger partial charge in [0.05, 0.1) is 72.9 Å². The van der Waals surface area contributed by atoms with Gasteiger partial charge in [0.1, 0.15) is 0 Å². The van der Waals surface area contributed by atoms with Crippen molar-refractivity contribution in [2.75, 3.05) is 0 Å². The molecule has 446 valence electrons. The highest BCUT2D eigenvalue weighted by Gasteiger charge is 2.32. The van der Waals surface area contributed by atoms with Crippen molar-refractivity contribution in [1.29, 1.82) is 0 Å². The standard InChI is InChI=1S/C90H61N5/c1-58-41-45-84-73(49-58)74-50-59(2)42-46-85(74)95(84)90-87(93-81-39-23-21-37-70(81)75-51-66(43-47-83(75)93)60-25-9-3-10-26-60)57-72(68-53-77(62-29-13-5-14-30-62)91-78(54-68)63-31-15-6-16-32-63)89(88(90)69-55-79(64-33-17-7-18-34-64)92-80(56-69)65-35-19-8-20-36-65)94-82-40-24-22-38-71(82)76-52-67(44-48-86(76)94)61-27-11-4-12-28-61/h3-57H,1-2H3. The molecular formula is C90H61N5. The summed E-state index contributed by atoms with van der Waals surface area (Å²) in [5.74, 6) is 0. The molecule has 5 heterocycles. The highest BCUT2D eigenvalue weighted by atomic mass is 15.1. The second kappa shape index (κ2) is 22.7. The highest BCUT2D eigenvalue weighted by Crippen LogP contribution is 2.52. The number of benzene rings is 13. The summed E-state index contributed by atoms with van der Waals surface area (Å²) in [5, 5.41) is 6.99. The molecule has 5 heteroatoms. The van der Waals surface area contributed by atoms with Crippen LogP contribution in [-0.4, -0.2) is 23.7 Å². The van der Waals surface area contributed by atoms with Gasteiger partial charge in [0.2, 0.25) is 0 Å². The Kier molecular flexibility index (Phi) is 13.3. The quantitative estimate of drug-likeness (QED) is 0.129. The molecule has 5 nitrogen and oxygen atoms in total. The third-order valence-electron chi connectivity index (χ3n) is 19.1. The van der Waals surface area contributed by atoms with E-state index in [1.54, 1.807) is 0 Å². The molecule has 0 atom stereocenters. The number of hydrogen-bond acceptors (Lipinski definition) is 2. The Balaban J connectivity index is 1.12. The molecule has 0 fully saturated rings. The number of rotatable bonds is 11. The van der Waals surface area contributed by atoms with Gasteiger partial charge in [0.15, 0.2) is 0 Å². The third-order valence-corrected chi connectivity index (χ3v) is 19.1. The topological polar surface area (TPSA) is 40.6 Å². The summed E-state index contributed by atoms with van der Waals surface area (Å²) in [6.07, 6.45) is 0. The van der Waals surface area contributed by atoms with E-state index in [0.717, 1.165) is 156 Å². The molecule has 0 N–H and O–H groups in total. The summed E-state index contributed by atoms with van der Waals surface area (Å²) in [6, 6.07) is 122. The summed E-state index contributed by atoms with van der Waals surface area (Å²) in [6.45, 7) is 4.43. The Hall–Kier alpha value is -12.4. The maximum absolute atomic E-state index is 5.67. The maximum Gasteiger partial charge on any atom is 0.0803 e. The van der Waals surface area contributed by atoms with Gasteiger partial charge in [-0.2, -0.15) is 0 Å². The van der Waals surface area contributed by atoms with Crippen molar-refractivity contribution in [3.05, 3.63) is 345 Å². The fraction of sp³-hybridized carbons (Fsp3) is 0.0222. The molecule has 0 amide bonds. The normalized spacial score (nSPS) is 11.7. The number of pyridine rings is 2. The average Bonchev–Trinajstić information content (AvgIpc) is 1.60. The monoisotopic (exact) mass is 1210 g/mol. The first-order chi connectivity index (χ1) is 46.9. The highest BCUT2D eigenvalue weighted by molar-refractivity contribution is 6.16. The summed E-state index contributed by atoms with van der Waals surface area (Å²) in [4.78, 5) is 11.3. The molecule has 0 radical (unpaired) electrons. The van der Waals surface area contributed by atoms with Gasteiger partial charge in [-0.05, 0) is 138 Å². The smallest absolute Gasteiger partial charge is 0.0803 e. The fourth-order valence-corrected chi connectivity index (χ4v) is 14.7. The number of para-hydroxylation sites is 2. The van der Waals surface area contributed by atoms with Crippen LogP contribution in [0.2, 0.25) is 0 Å². The number of aryl methyl sites for hydroxylation is 2. The molecule has 18 rings (SSSR count). The van der Waals surface area contributed by atoms with Gasteiger partial charge in [0.25, 0.3) is 0 Å². The van der Waals surface area contributed by atoms with Crippen molar-refractivity contribution in [2.24, 2.45) is 0 Å². The average molecular weight is 1210 g/mol. The molecule has 0 aliphatic rings. The van der Waals surface area contributed by atoms with E-state index < -0.39 is 0 Å². The lowest BCUT2D eigenvalue weighted by atomic mass is 9.89. The van der Waals surface area contributed by atoms with Crippen LogP contribution in [0.5, 0.6) is 0 Å². The molecule has 0 saturated heterocycles. The molecule has 0 aliphatic carbocycles. The van der Waals surface area contributed by atoms with Crippen LogP contribution in [0.15, 0.2) is 334 Å². The van der Waals surface area contributed by atoms with Crippen LogP contribution in [-0.2, 0) is 0 Å². The second-order valence-corrected chi connectivity index (χ2v) is 25.0. The van der Waals surface area contributed by atoms with Gasteiger partial charge in [-0.15, -0.1) is 0 Å². The zero-order valence-electron chi connectivity index (χ0n) is 52.5. The van der Waals surface area contributed by atoms with E-state index >= 15 is 0 Å². The Labute approximate surface area is 551 Å². The van der Waals surface area contributed by atoms with E-state index in [1.807, 2.05) is 0 Å². The van der Waals surface area contributed by atoms with Crippen molar-refractivity contribution in [2.45, 2.75) is 13.8 Å². The molecule has 0 aliphatic heterocycles. The van der Waals surface area contributed by atoms with Crippen molar-refractivity contribution in [3.8, 4) is 107 Å². The summed E-state index contributed by atoms with van der Waals surface area (Å²) >= 11 is 0. The van der Waals surface area contributed by atoms with Crippen LogP contribution in [0, 0.1) is 13.8 Å². The Bertz CT molecular complexity index is 5830. The van der Waals surface area contributed by atoms with Crippen LogP contribution in [0.3, 0.4) is 0 Å². The molecule has 95 heavy (non-hydrogen) atoms. The maximum atomic E-state index is 5.67. The Morgan fingerprint density at radius 2 is 0.526 bits per heavy atom. The Morgan fingerprint density at radius 3 is 0.947 bits per heavy atom. The number of fused-ring (bicyclic) bond motifs is 9.